The molecule has 58 valence electrons. The Balaban J connectivity index is 2.00. The fourth-order valence-electron chi connectivity index (χ4n) is 0.785. The SMILES string of the molecule is c1coc(SC2=NCCS2)c1. The molecule has 0 amide bonds. The summed E-state index contributed by atoms with van der Waals surface area (Å²) < 4.78 is 6.29. The molecule has 0 N–H and O–H groups in total. The smallest absolute Gasteiger partial charge is 0.166 e. The number of aliphatic imine (C=N–C) groups is 1. The molecule has 0 aromatic carbocycles. The molecule has 0 bridgehead atoms. The van der Waals surface area contributed by atoms with Crippen LogP contribution >= 0.6 is 23.5 Å². The number of hydrogen-bond acceptors (Lipinski definition) is 4. The molecule has 0 radical (unpaired) electrons. The summed E-state index contributed by atoms with van der Waals surface area (Å²) in [5.41, 5.74) is 0. The maximum atomic E-state index is 5.16. The zero-order valence-corrected chi connectivity index (χ0v) is 7.45. The lowest BCUT2D eigenvalue weighted by molar-refractivity contribution is 0.475. The molecule has 0 spiro atoms. The number of hydrogen-bond donors (Lipinski definition) is 0. The van der Waals surface area contributed by atoms with E-state index in [0.29, 0.717) is 0 Å². The van der Waals surface area contributed by atoms with Crippen LogP contribution in [0.15, 0.2) is 32.9 Å². The first-order valence-corrected chi connectivity index (χ1v) is 5.14. The molecule has 1 aliphatic heterocycles. The van der Waals surface area contributed by atoms with Crippen LogP contribution in [0.2, 0.25) is 0 Å². The minimum atomic E-state index is 0.929. The second-order valence-corrected chi connectivity index (χ2v) is 4.37. The van der Waals surface area contributed by atoms with Gasteiger partial charge in [0, 0.05) is 5.75 Å². The molecule has 1 aromatic rings. The summed E-state index contributed by atoms with van der Waals surface area (Å²) in [6.07, 6.45) is 1.68. The van der Waals surface area contributed by atoms with Crippen molar-refractivity contribution in [3.8, 4) is 0 Å². The number of nitrogens with zero attached hydrogens (tertiary/aromatic N) is 1. The van der Waals surface area contributed by atoms with Gasteiger partial charge in [0.2, 0.25) is 0 Å². The first-order valence-electron chi connectivity index (χ1n) is 3.34. The Morgan fingerprint density at radius 3 is 3.27 bits per heavy atom. The molecule has 1 aliphatic rings. The van der Waals surface area contributed by atoms with Gasteiger partial charge in [-0.15, -0.1) is 0 Å². The maximum absolute atomic E-state index is 5.16. The van der Waals surface area contributed by atoms with Gasteiger partial charge in [-0.25, -0.2) is 0 Å². The van der Waals surface area contributed by atoms with E-state index in [1.807, 2.05) is 12.1 Å². The van der Waals surface area contributed by atoms with Crippen LogP contribution in [0.25, 0.3) is 0 Å². The largest absolute Gasteiger partial charge is 0.458 e. The van der Waals surface area contributed by atoms with Gasteiger partial charge in [0.05, 0.1) is 12.8 Å². The highest BCUT2D eigenvalue weighted by Gasteiger charge is 2.09. The van der Waals surface area contributed by atoms with Crippen LogP contribution in [0.5, 0.6) is 0 Å². The Hall–Kier alpha value is -0.350. The highest BCUT2D eigenvalue weighted by Crippen LogP contribution is 2.28. The van der Waals surface area contributed by atoms with Gasteiger partial charge in [-0.3, -0.25) is 4.99 Å². The van der Waals surface area contributed by atoms with Crippen molar-refractivity contribution in [1.82, 2.24) is 0 Å². The highest BCUT2D eigenvalue weighted by atomic mass is 32.2. The van der Waals surface area contributed by atoms with Crippen LogP contribution in [0, 0.1) is 0 Å². The van der Waals surface area contributed by atoms with Gasteiger partial charge in [-0.1, -0.05) is 11.8 Å². The molecule has 0 saturated heterocycles. The topological polar surface area (TPSA) is 25.5 Å². The van der Waals surface area contributed by atoms with E-state index in [1.54, 1.807) is 29.8 Å². The van der Waals surface area contributed by atoms with Crippen LogP contribution in [0.1, 0.15) is 0 Å². The lowest BCUT2D eigenvalue weighted by Gasteiger charge is -1.92. The molecule has 0 unspecified atom stereocenters. The molecule has 0 saturated carbocycles. The summed E-state index contributed by atoms with van der Waals surface area (Å²) >= 11 is 3.40. The minimum absolute atomic E-state index is 0.929. The summed E-state index contributed by atoms with van der Waals surface area (Å²) in [5.74, 6) is 1.11. The van der Waals surface area contributed by atoms with E-state index >= 15 is 0 Å². The summed E-state index contributed by atoms with van der Waals surface area (Å²) in [7, 11) is 0. The molecule has 0 atom stereocenters. The van der Waals surface area contributed by atoms with E-state index in [1.165, 1.54) is 0 Å². The van der Waals surface area contributed by atoms with Crippen molar-refractivity contribution in [1.29, 1.82) is 0 Å². The van der Waals surface area contributed by atoms with E-state index in [-0.39, 0.29) is 0 Å². The summed E-state index contributed by atoms with van der Waals surface area (Å²) in [4.78, 5) is 4.29. The highest BCUT2D eigenvalue weighted by molar-refractivity contribution is 8.39. The zero-order chi connectivity index (χ0) is 7.52. The van der Waals surface area contributed by atoms with Gasteiger partial charge >= 0.3 is 0 Å². The van der Waals surface area contributed by atoms with Gasteiger partial charge in [0.25, 0.3) is 0 Å². The van der Waals surface area contributed by atoms with Gasteiger partial charge in [0.1, 0.15) is 4.38 Å². The Morgan fingerprint density at radius 2 is 2.64 bits per heavy atom. The van der Waals surface area contributed by atoms with Crippen LogP contribution in [0.3, 0.4) is 0 Å². The number of thioether (sulfide) groups is 2. The quantitative estimate of drug-likeness (QED) is 0.672. The second kappa shape index (κ2) is 3.36. The molecule has 11 heavy (non-hydrogen) atoms. The maximum Gasteiger partial charge on any atom is 0.166 e. The first kappa shape index (κ1) is 7.31. The van der Waals surface area contributed by atoms with E-state index < -0.39 is 0 Å². The van der Waals surface area contributed by atoms with Crippen LogP contribution in [-0.2, 0) is 0 Å². The summed E-state index contributed by atoms with van der Waals surface area (Å²) in [6.45, 7) is 0.952. The van der Waals surface area contributed by atoms with Gasteiger partial charge in [-0.2, -0.15) is 0 Å². The summed E-state index contributed by atoms with van der Waals surface area (Å²) in [5, 5.41) is 0.929. The van der Waals surface area contributed by atoms with Gasteiger partial charge < -0.3 is 4.42 Å². The fourth-order valence-corrected chi connectivity index (χ4v) is 2.63. The van der Waals surface area contributed by atoms with E-state index in [9.17, 15) is 0 Å². The standard InChI is InChI=1S/C7H7NOS2/c1-2-6(9-4-1)11-7-8-3-5-10-7/h1-2,4H,3,5H2. The van der Waals surface area contributed by atoms with Crippen molar-refractivity contribution in [3.63, 3.8) is 0 Å². The molecule has 2 heterocycles. The zero-order valence-electron chi connectivity index (χ0n) is 5.82. The molecular formula is C7H7NOS2. The monoisotopic (exact) mass is 185 g/mol. The molecule has 4 heteroatoms. The van der Waals surface area contributed by atoms with Crippen molar-refractivity contribution in [2.24, 2.45) is 4.99 Å². The molecule has 0 aliphatic carbocycles. The number of furan rings is 1. The predicted molar refractivity (Wildman–Crippen MR) is 49.3 cm³/mol. The lowest BCUT2D eigenvalue weighted by atomic mass is 10.7. The van der Waals surface area contributed by atoms with Crippen molar-refractivity contribution in [2.75, 3.05) is 12.3 Å². The third-order valence-electron chi connectivity index (χ3n) is 1.24. The Labute approximate surface area is 73.5 Å². The van der Waals surface area contributed by atoms with Crippen LogP contribution < -0.4 is 0 Å². The number of rotatable bonds is 1. The summed E-state index contributed by atoms with van der Waals surface area (Å²) in [6, 6.07) is 3.84. The Morgan fingerprint density at radius 1 is 1.64 bits per heavy atom. The normalized spacial score (nSPS) is 16.9. The third kappa shape index (κ3) is 1.81. The average Bonchev–Trinajstić information content (AvgIpc) is 2.60. The Kier molecular flexibility index (Phi) is 2.23. The molecule has 2 nitrogen and oxygen atoms in total. The Bertz CT molecular complexity index is 255. The average molecular weight is 185 g/mol. The van der Waals surface area contributed by atoms with Crippen molar-refractivity contribution in [3.05, 3.63) is 18.4 Å². The van der Waals surface area contributed by atoms with Crippen molar-refractivity contribution >= 4 is 27.9 Å². The molecule has 2 rings (SSSR count). The van der Waals surface area contributed by atoms with Crippen molar-refractivity contribution in [2.45, 2.75) is 5.09 Å². The lowest BCUT2D eigenvalue weighted by Crippen LogP contribution is -1.76. The minimum Gasteiger partial charge on any atom is -0.458 e. The molecule has 0 fully saturated rings. The first-order chi connectivity index (χ1) is 5.45. The molecule has 1 aromatic heterocycles. The molecular weight excluding hydrogens is 178 g/mol. The van der Waals surface area contributed by atoms with Crippen LogP contribution in [-0.4, -0.2) is 16.7 Å². The van der Waals surface area contributed by atoms with Gasteiger partial charge in [-0.05, 0) is 23.9 Å². The van der Waals surface area contributed by atoms with E-state index in [0.717, 1.165) is 21.8 Å². The van der Waals surface area contributed by atoms with Crippen molar-refractivity contribution < 1.29 is 4.42 Å². The van der Waals surface area contributed by atoms with Gasteiger partial charge in [0.15, 0.2) is 5.09 Å². The predicted octanol–water partition coefficient (Wildman–Crippen LogP) is 2.47. The fraction of sp³-hybridized carbons (Fsp3) is 0.286. The van der Waals surface area contributed by atoms with E-state index in [2.05, 4.69) is 4.99 Å². The third-order valence-corrected chi connectivity index (χ3v) is 3.34. The van der Waals surface area contributed by atoms with Crippen LogP contribution in [0.4, 0.5) is 0 Å². The second-order valence-electron chi connectivity index (χ2n) is 2.03. The van der Waals surface area contributed by atoms with E-state index in [4.69, 9.17) is 4.42 Å².